The molecule has 0 aromatic heterocycles. The monoisotopic (exact) mass is 551 g/mol. The van der Waals surface area contributed by atoms with Crippen LogP contribution in [0.2, 0.25) is 0 Å². The zero-order chi connectivity index (χ0) is 27.3. The van der Waals surface area contributed by atoms with Crippen molar-refractivity contribution in [1.82, 2.24) is 4.90 Å². The zero-order valence-corrected chi connectivity index (χ0v) is 22.9. The molecule has 9 heteroatoms. The maximum Gasteiger partial charge on any atom is 0.412 e. The van der Waals surface area contributed by atoms with Crippen LogP contribution in [0.4, 0.5) is 4.79 Å². The summed E-state index contributed by atoms with van der Waals surface area (Å²) < 4.78 is 28.2. The van der Waals surface area contributed by atoms with Gasteiger partial charge in [-0.2, -0.15) is 0 Å². The van der Waals surface area contributed by atoms with Crippen LogP contribution in [0.1, 0.15) is 41.9 Å². The largest absolute Gasteiger partial charge is 0.468 e. The van der Waals surface area contributed by atoms with Gasteiger partial charge in [-0.3, -0.25) is 9.32 Å². The predicted molar refractivity (Wildman–Crippen MR) is 147 cm³/mol. The molecule has 0 N–H and O–H groups in total. The number of likely N-dealkylation sites (tertiary alicyclic amines) is 1. The highest BCUT2D eigenvalue weighted by Crippen LogP contribution is 2.42. The van der Waals surface area contributed by atoms with Crippen LogP contribution in [0.15, 0.2) is 91.0 Å². The first-order valence-electron chi connectivity index (χ1n) is 13.0. The van der Waals surface area contributed by atoms with E-state index in [1.807, 2.05) is 91.0 Å². The first-order chi connectivity index (χ1) is 19.2. The fraction of sp³-hybridized carbons (Fsp3) is 0.333. The van der Waals surface area contributed by atoms with E-state index in [1.165, 1.54) is 7.11 Å². The van der Waals surface area contributed by atoms with Crippen LogP contribution in [-0.4, -0.2) is 43.5 Å². The summed E-state index contributed by atoms with van der Waals surface area (Å²) in [5.41, 5.74) is 2.75. The van der Waals surface area contributed by atoms with Gasteiger partial charge in [0.25, 0.3) is 0 Å². The SMILES string of the molecule is COC(=O)C(c1ccccc1)C1CCCCN1C(=O)OCOP(OCc1ccccc1)OCc1ccccc1. The number of benzene rings is 3. The second kappa shape index (κ2) is 15.3. The fourth-order valence-corrected chi connectivity index (χ4v) is 5.42. The lowest BCUT2D eigenvalue weighted by atomic mass is 9.85. The van der Waals surface area contributed by atoms with Gasteiger partial charge in [-0.05, 0) is 36.0 Å². The van der Waals surface area contributed by atoms with E-state index < -0.39 is 20.6 Å². The van der Waals surface area contributed by atoms with Crippen LogP contribution >= 0.6 is 8.60 Å². The maximum absolute atomic E-state index is 13.2. The summed E-state index contributed by atoms with van der Waals surface area (Å²) in [7, 11) is -0.433. The standard InChI is InChI=1S/C30H34NO7P/c1-34-29(32)28(26-17-9-4-10-18-26)27-19-11-12-20-31(27)30(33)35-23-38-39(36-21-24-13-5-2-6-14-24)37-22-25-15-7-3-8-16-25/h2-10,13-18,27-28H,11-12,19-23H2,1H3. The summed E-state index contributed by atoms with van der Waals surface area (Å²) in [6.45, 7) is 0.724. The molecule has 2 atom stereocenters. The van der Waals surface area contributed by atoms with E-state index >= 15 is 0 Å². The van der Waals surface area contributed by atoms with E-state index in [0.29, 0.717) is 26.2 Å². The molecule has 3 aromatic carbocycles. The van der Waals surface area contributed by atoms with Crippen molar-refractivity contribution in [1.29, 1.82) is 0 Å². The molecule has 206 valence electrons. The van der Waals surface area contributed by atoms with Crippen molar-refractivity contribution in [3.05, 3.63) is 108 Å². The number of carbonyl (C=O) groups is 2. The lowest BCUT2D eigenvalue weighted by Gasteiger charge is -2.38. The summed E-state index contributed by atoms with van der Waals surface area (Å²) in [4.78, 5) is 27.6. The molecule has 1 heterocycles. The van der Waals surface area contributed by atoms with Gasteiger partial charge >= 0.3 is 20.7 Å². The van der Waals surface area contributed by atoms with Gasteiger partial charge < -0.3 is 23.4 Å². The number of esters is 1. The van der Waals surface area contributed by atoms with Crippen molar-refractivity contribution in [2.75, 3.05) is 20.4 Å². The molecule has 1 aliphatic rings. The Morgan fingerprint density at radius 1 is 0.821 bits per heavy atom. The van der Waals surface area contributed by atoms with Gasteiger partial charge in [0.05, 0.1) is 26.4 Å². The summed E-state index contributed by atoms with van der Waals surface area (Å²) >= 11 is 0. The number of carbonyl (C=O) groups excluding carboxylic acids is 2. The minimum atomic E-state index is -1.80. The predicted octanol–water partition coefficient (Wildman–Crippen LogP) is 6.57. The number of amides is 1. The number of nitrogens with zero attached hydrogens (tertiary/aromatic N) is 1. The third-order valence-electron chi connectivity index (χ3n) is 6.48. The van der Waals surface area contributed by atoms with E-state index in [0.717, 1.165) is 29.5 Å². The van der Waals surface area contributed by atoms with E-state index in [-0.39, 0.29) is 18.8 Å². The number of methoxy groups -OCH3 is 1. The maximum atomic E-state index is 13.2. The van der Waals surface area contributed by atoms with Crippen LogP contribution in [0.3, 0.4) is 0 Å². The highest BCUT2D eigenvalue weighted by atomic mass is 31.2. The first kappa shape index (κ1) is 28.7. The molecule has 0 aliphatic carbocycles. The van der Waals surface area contributed by atoms with Gasteiger partial charge in [0, 0.05) is 6.54 Å². The second-order valence-electron chi connectivity index (χ2n) is 9.07. The Morgan fingerprint density at radius 3 is 1.95 bits per heavy atom. The number of hydrogen-bond donors (Lipinski definition) is 0. The Morgan fingerprint density at radius 2 is 1.38 bits per heavy atom. The molecule has 8 nitrogen and oxygen atoms in total. The molecule has 0 spiro atoms. The smallest absolute Gasteiger partial charge is 0.412 e. The third kappa shape index (κ3) is 8.60. The molecule has 0 saturated carbocycles. The van der Waals surface area contributed by atoms with E-state index in [4.69, 9.17) is 23.0 Å². The minimum absolute atomic E-state index is 0.293. The molecule has 0 bridgehead atoms. The molecule has 39 heavy (non-hydrogen) atoms. The number of hydrogen-bond acceptors (Lipinski definition) is 7. The first-order valence-corrected chi connectivity index (χ1v) is 14.1. The molecule has 1 saturated heterocycles. The lowest BCUT2D eigenvalue weighted by molar-refractivity contribution is -0.144. The Balaban J connectivity index is 1.37. The summed E-state index contributed by atoms with van der Waals surface area (Å²) in [5, 5.41) is 0. The van der Waals surface area contributed by atoms with Gasteiger partial charge in [-0.25, -0.2) is 4.79 Å². The number of piperidine rings is 1. The van der Waals surface area contributed by atoms with E-state index in [9.17, 15) is 9.59 Å². The summed E-state index contributed by atoms with van der Waals surface area (Å²) in [6.07, 6.45) is 1.84. The Kier molecular flexibility index (Phi) is 11.3. The third-order valence-corrected chi connectivity index (χ3v) is 7.48. The fourth-order valence-electron chi connectivity index (χ4n) is 4.55. The van der Waals surface area contributed by atoms with Crippen molar-refractivity contribution < 1.29 is 32.6 Å². The van der Waals surface area contributed by atoms with Crippen molar-refractivity contribution in [3.8, 4) is 0 Å². The Bertz CT molecular complexity index is 1110. The van der Waals surface area contributed by atoms with Crippen molar-refractivity contribution in [2.45, 2.75) is 44.4 Å². The van der Waals surface area contributed by atoms with Gasteiger partial charge in [0.1, 0.15) is 5.92 Å². The van der Waals surface area contributed by atoms with Gasteiger partial charge in [0.2, 0.25) is 6.79 Å². The number of rotatable bonds is 12. The molecule has 3 aromatic rings. The van der Waals surface area contributed by atoms with Crippen LogP contribution in [0, 0.1) is 0 Å². The molecule has 1 amide bonds. The highest BCUT2D eigenvalue weighted by molar-refractivity contribution is 7.41. The minimum Gasteiger partial charge on any atom is -0.468 e. The highest BCUT2D eigenvalue weighted by Gasteiger charge is 2.39. The summed E-state index contributed by atoms with van der Waals surface area (Å²) in [5.74, 6) is -0.986. The Labute approximate surface area is 230 Å². The van der Waals surface area contributed by atoms with Crippen LogP contribution in [0.25, 0.3) is 0 Å². The van der Waals surface area contributed by atoms with Gasteiger partial charge in [-0.1, -0.05) is 91.0 Å². The molecule has 1 aliphatic heterocycles. The van der Waals surface area contributed by atoms with Gasteiger partial charge in [0.15, 0.2) is 0 Å². The topological polar surface area (TPSA) is 83.5 Å². The molecular weight excluding hydrogens is 517 g/mol. The van der Waals surface area contributed by atoms with Crippen molar-refractivity contribution in [2.24, 2.45) is 0 Å². The van der Waals surface area contributed by atoms with Crippen molar-refractivity contribution >= 4 is 20.7 Å². The summed E-state index contributed by atoms with van der Waals surface area (Å²) in [6, 6.07) is 28.4. The van der Waals surface area contributed by atoms with E-state index in [2.05, 4.69) is 0 Å². The molecule has 2 unspecified atom stereocenters. The second-order valence-corrected chi connectivity index (χ2v) is 10.3. The van der Waals surface area contributed by atoms with Crippen LogP contribution < -0.4 is 0 Å². The van der Waals surface area contributed by atoms with E-state index in [1.54, 1.807) is 4.90 Å². The average Bonchev–Trinajstić information content (AvgIpc) is 3.00. The molecule has 4 rings (SSSR count). The lowest BCUT2D eigenvalue weighted by Crippen LogP contribution is -2.49. The zero-order valence-electron chi connectivity index (χ0n) is 22.0. The quantitative estimate of drug-likeness (QED) is 0.143. The van der Waals surface area contributed by atoms with Crippen molar-refractivity contribution in [3.63, 3.8) is 0 Å². The Hall–Kier alpha value is -3.29. The number of ether oxygens (including phenoxy) is 2. The molecule has 0 radical (unpaired) electrons. The van der Waals surface area contributed by atoms with Crippen LogP contribution in [0.5, 0.6) is 0 Å². The van der Waals surface area contributed by atoms with Gasteiger partial charge in [-0.15, -0.1) is 0 Å². The molecular formula is C30H34NO7P. The molecule has 1 fully saturated rings. The normalized spacial score (nSPS) is 16.1. The average molecular weight is 552 g/mol. The van der Waals surface area contributed by atoms with Crippen LogP contribution in [-0.2, 0) is 41.1 Å².